The standard InChI is InChI=1S/C15H30N2O.C2H6/c1-4-14(3)12-17-8-6-15(7-9-17)13-16(5-2)10-11-18-15;1-2/h14H,4-13H2,1-3H3;1-2H3. The van der Waals surface area contributed by atoms with Crippen molar-refractivity contribution in [1.82, 2.24) is 9.80 Å². The number of hydrogen-bond donors (Lipinski definition) is 0. The van der Waals surface area contributed by atoms with E-state index in [4.69, 9.17) is 4.74 Å². The van der Waals surface area contributed by atoms with Crippen LogP contribution in [0.25, 0.3) is 0 Å². The van der Waals surface area contributed by atoms with E-state index in [2.05, 4.69) is 30.6 Å². The number of rotatable bonds is 4. The molecule has 20 heavy (non-hydrogen) atoms. The van der Waals surface area contributed by atoms with Gasteiger partial charge in [0.2, 0.25) is 0 Å². The molecule has 1 atom stereocenters. The van der Waals surface area contributed by atoms with Gasteiger partial charge in [0.1, 0.15) is 0 Å². The van der Waals surface area contributed by atoms with Crippen LogP contribution in [-0.2, 0) is 4.74 Å². The fourth-order valence-electron chi connectivity index (χ4n) is 3.21. The van der Waals surface area contributed by atoms with E-state index in [0.29, 0.717) is 0 Å². The zero-order valence-electron chi connectivity index (χ0n) is 14.5. The molecule has 0 radical (unpaired) electrons. The summed E-state index contributed by atoms with van der Waals surface area (Å²) in [5, 5.41) is 0. The molecule has 3 nitrogen and oxygen atoms in total. The van der Waals surface area contributed by atoms with Crippen molar-refractivity contribution in [2.24, 2.45) is 5.92 Å². The normalized spacial score (nSPS) is 25.1. The van der Waals surface area contributed by atoms with Crippen LogP contribution in [0.15, 0.2) is 0 Å². The zero-order valence-corrected chi connectivity index (χ0v) is 14.5. The lowest BCUT2D eigenvalue weighted by molar-refractivity contribution is -0.135. The molecule has 2 saturated heterocycles. The van der Waals surface area contributed by atoms with E-state index in [1.165, 1.54) is 45.4 Å². The van der Waals surface area contributed by atoms with Crippen LogP contribution >= 0.6 is 0 Å². The Morgan fingerprint density at radius 3 is 2.25 bits per heavy atom. The number of ether oxygens (including phenoxy) is 1. The summed E-state index contributed by atoms with van der Waals surface area (Å²) in [5.74, 6) is 0.832. The van der Waals surface area contributed by atoms with Gasteiger partial charge in [-0.1, -0.05) is 41.0 Å². The van der Waals surface area contributed by atoms with Gasteiger partial charge in [-0.15, -0.1) is 0 Å². The molecular weight excluding hydrogens is 248 g/mol. The minimum absolute atomic E-state index is 0.181. The predicted octanol–water partition coefficient (Wildman–Crippen LogP) is 3.25. The van der Waals surface area contributed by atoms with Gasteiger partial charge in [-0.25, -0.2) is 0 Å². The van der Waals surface area contributed by atoms with Gasteiger partial charge in [0.15, 0.2) is 0 Å². The molecule has 1 unspecified atom stereocenters. The number of morpholine rings is 1. The SMILES string of the molecule is CC.CCC(C)CN1CCC2(CC1)CN(CC)CCO2. The summed E-state index contributed by atoms with van der Waals surface area (Å²) in [5.41, 5.74) is 0.181. The molecule has 3 heteroatoms. The topological polar surface area (TPSA) is 15.7 Å². The van der Waals surface area contributed by atoms with Crippen molar-refractivity contribution < 1.29 is 4.74 Å². The molecule has 0 N–H and O–H groups in total. The highest BCUT2D eigenvalue weighted by molar-refractivity contribution is 4.92. The Morgan fingerprint density at radius 2 is 1.70 bits per heavy atom. The lowest BCUT2D eigenvalue weighted by Gasteiger charge is -2.47. The van der Waals surface area contributed by atoms with E-state index in [1.807, 2.05) is 13.8 Å². The average Bonchev–Trinajstić information content (AvgIpc) is 2.52. The van der Waals surface area contributed by atoms with Crippen LogP contribution in [0.3, 0.4) is 0 Å². The molecule has 1 spiro atoms. The third kappa shape index (κ3) is 5.01. The number of likely N-dealkylation sites (tertiary alicyclic amines) is 1. The summed E-state index contributed by atoms with van der Waals surface area (Å²) in [7, 11) is 0. The summed E-state index contributed by atoms with van der Waals surface area (Å²) in [6, 6.07) is 0. The molecule has 0 saturated carbocycles. The molecule has 0 aromatic heterocycles. The summed E-state index contributed by atoms with van der Waals surface area (Å²) in [4.78, 5) is 5.18. The summed E-state index contributed by atoms with van der Waals surface area (Å²) >= 11 is 0. The molecule has 0 aromatic rings. The van der Waals surface area contributed by atoms with Gasteiger partial charge in [0, 0.05) is 32.7 Å². The first-order chi connectivity index (χ1) is 9.67. The Morgan fingerprint density at radius 1 is 1.05 bits per heavy atom. The maximum absolute atomic E-state index is 6.15. The molecule has 2 rings (SSSR count). The van der Waals surface area contributed by atoms with Gasteiger partial charge in [0.05, 0.1) is 12.2 Å². The second-order valence-corrected chi connectivity index (χ2v) is 6.21. The molecule has 2 aliphatic rings. The molecule has 0 bridgehead atoms. The van der Waals surface area contributed by atoms with Gasteiger partial charge in [0.25, 0.3) is 0 Å². The fraction of sp³-hybridized carbons (Fsp3) is 1.00. The van der Waals surface area contributed by atoms with Crippen molar-refractivity contribution in [3.63, 3.8) is 0 Å². The first kappa shape index (κ1) is 17.9. The molecule has 120 valence electrons. The van der Waals surface area contributed by atoms with Crippen LogP contribution in [-0.4, -0.2) is 61.3 Å². The highest BCUT2D eigenvalue weighted by Gasteiger charge is 2.39. The highest BCUT2D eigenvalue weighted by Crippen LogP contribution is 2.30. The summed E-state index contributed by atoms with van der Waals surface area (Å²) < 4.78 is 6.15. The number of nitrogens with zero attached hydrogens (tertiary/aromatic N) is 2. The number of likely N-dealkylation sites (N-methyl/N-ethyl adjacent to an activating group) is 1. The second-order valence-electron chi connectivity index (χ2n) is 6.21. The summed E-state index contributed by atoms with van der Waals surface area (Å²) in [6.07, 6.45) is 3.74. The monoisotopic (exact) mass is 284 g/mol. The fourth-order valence-corrected chi connectivity index (χ4v) is 3.21. The zero-order chi connectivity index (χ0) is 15.0. The van der Waals surface area contributed by atoms with E-state index in [9.17, 15) is 0 Å². The van der Waals surface area contributed by atoms with E-state index < -0.39 is 0 Å². The molecular formula is C17H36N2O. The third-order valence-electron chi connectivity index (χ3n) is 4.81. The number of piperidine rings is 1. The van der Waals surface area contributed by atoms with Crippen LogP contribution in [0.5, 0.6) is 0 Å². The first-order valence-electron chi connectivity index (χ1n) is 8.76. The van der Waals surface area contributed by atoms with E-state index in [0.717, 1.165) is 25.6 Å². The minimum atomic E-state index is 0.181. The van der Waals surface area contributed by atoms with Crippen molar-refractivity contribution in [2.45, 2.75) is 59.5 Å². The van der Waals surface area contributed by atoms with Crippen molar-refractivity contribution in [1.29, 1.82) is 0 Å². The lowest BCUT2D eigenvalue weighted by atomic mass is 9.89. The maximum Gasteiger partial charge on any atom is 0.0833 e. The number of hydrogen-bond acceptors (Lipinski definition) is 3. The van der Waals surface area contributed by atoms with Crippen LogP contribution in [0.2, 0.25) is 0 Å². The Labute approximate surface area is 126 Å². The maximum atomic E-state index is 6.15. The van der Waals surface area contributed by atoms with E-state index >= 15 is 0 Å². The Kier molecular flexibility index (Phi) is 8.08. The third-order valence-corrected chi connectivity index (χ3v) is 4.81. The minimum Gasteiger partial charge on any atom is -0.372 e. The Bertz CT molecular complexity index is 249. The first-order valence-corrected chi connectivity index (χ1v) is 8.76. The smallest absolute Gasteiger partial charge is 0.0833 e. The van der Waals surface area contributed by atoms with Crippen LogP contribution in [0.4, 0.5) is 0 Å². The largest absolute Gasteiger partial charge is 0.372 e. The van der Waals surface area contributed by atoms with Crippen molar-refractivity contribution in [2.75, 3.05) is 45.9 Å². The quantitative estimate of drug-likeness (QED) is 0.788. The highest BCUT2D eigenvalue weighted by atomic mass is 16.5. The Balaban J connectivity index is 0.000000956. The predicted molar refractivity (Wildman–Crippen MR) is 87.3 cm³/mol. The van der Waals surface area contributed by atoms with E-state index in [1.54, 1.807) is 0 Å². The molecule has 2 heterocycles. The van der Waals surface area contributed by atoms with Gasteiger partial charge >= 0.3 is 0 Å². The van der Waals surface area contributed by atoms with Gasteiger partial charge in [-0.2, -0.15) is 0 Å². The van der Waals surface area contributed by atoms with Crippen LogP contribution in [0, 0.1) is 5.92 Å². The van der Waals surface area contributed by atoms with Crippen LogP contribution < -0.4 is 0 Å². The Hall–Kier alpha value is -0.120. The van der Waals surface area contributed by atoms with Crippen molar-refractivity contribution in [3.05, 3.63) is 0 Å². The molecule has 2 fully saturated rings. The van der Waals surface area contributed by atoms with Crippen LogP contribution in [0.1, 0.15) is 53.9 Å². The van der Waals surface area contributed by atoms with Gasteiger partial charge in [-0.05, 0) is 25.3 Å². The van der Waals surface area contributed by atoms with E-state index in [-0.39, 0.29) is 5.60 Å². The summed E-state index contributed by atoms with van der Waals surface area (Å²) in [6.45, 7) is 19.0. The van der Waals surface area contributed by atoms with Crippen molar-refractivity contribution in [3.8, 4) is 0 Å². The average molecular weight is 284 g/mol. The lowest BCUT2D eigenvalue weighted by Crippen LogP contribution is -2.57. The molecule has 0 aromatic carbocycles. The molecule has 2 aliphatic heterocycles. The molecule has 0 amide bonds. The van der Waals surface area contributed by atoms with Gasteiger partial charge < -0.3 is 9.64 Å². The second kappa shape index (κ2) is 9.01. The molecule has 0 aliphatic carbocycles. The van der Waals surface area contributed by atoms with Crippen molar-refractivity contribution >= 4 is 0 Å². The van der Waals surface area contributed by atoms with Gasteiger partial charge in [-0.3, -0.25) is 4.90 Å².